The molecule has 0 aliphatic heterocycles. The number of rotatable bonds is 12. The summed E-state index contributed by atoms with van der Waals surface area (Å²) in [4.78, 5) is 24.9. The number of amides is 1. The maximum atomic E-state index is 12.7. The van der Waals surface area contributed by atoms with Gasteiger partial charge in [-0.25, -0.2) is 22.9 Å². The summed E-state index contributed by atoms with van der Waals surface area (Å²) in [6, 6.07) is 15.7. The van der Waals surface area contributed by atoms with Crippen LogP contribution < -0.4 is 15.4 Å². The number of aryl methyl sites for hydroxylation is 1. The lowest BCUT2D eigenvalue weighted by Gasteiger charge is -2.10. The number of carbonyl (C=O) groups excluding carboxylic acids is 1. The molecule has 0 spiro atoms. The molecule has 0 bridgehead atoms. The molecule has 200 valence electrons. The van der Waals surface area contributed by atoms with Crippen LogP contribution in [0, 0.1) is 0 Å². The first-order valence-electron chi connectivity index (χ1n) is 11.9. The SMILES string of the molecule is CNc1nc(Cl)nc2c1ncn2CCCCOC(=O)NCc1cccc(S(=O)(=O)NCc2ccccc2)c1. The molecule has 3 N–H and O–H groups in total. The van der Waals surface area contributed by atoms with Gasteiger partial charge in [0.2, 0.25) is 15.3 Å². The van der Waals surface area contributed by atoms with Gasteiger partial charge in [-0.05, 0) is 47.7 Å². The van der Waals surface area contributed by atoms with Crippen molar-refractivity contribution < 1.29 is 17.9 Å². The summed E-state index contributed by atoms with van der Waals surface area (Å²) in [6.45, 7) is 1.18. The molecule has 0 aliphatic carbocycles. The van der Waals surface area contributed by atoms with Crippen LogP contribution in [0.4, 0.5) is 10.6 Å². The third-order valence-electron chi connectivity index (χ3n) is 5.65. The van der Waals surface area contributed by atoms with Crippen LogP contribution in [0.25, 0.3) is 11.2 Å². The number of alkyl carbamates (subject to hydrolysis) is 1. The zero-order valence-corrected chi connectivity index (χ0v) is 22.3. The van der Waals surface area contributed by atoms with Crippen LogP contribution in [0.5, 0.6) is 0 Å². The number of ether oxygens (including phenoxy) is 1. The molecule has 2 aromatic heterocycles. The number of nitrogens with zero attached hydrogens (tertiary/aromatic N) is 4. The van der Waals surface area contributed by atoms with E-state index in [1.807, 2.05) is 34.9 Å². The van der Waals surface area contributed by atoms with E-state index in [1.165, 1.54) is 12.1 Å². The largest absolute Gasteiger partial charge is 0.450 e. The first-order valence-corrected chi connectivity index (χ1v) is 13.8. The Balaban J connectivity index is 1.20. The molecule has 0 atom stereocenters. The highest BCUT2D eigenvalue weighted by Crippen LogP contribution is 2.20. The molecule has 0 aliphatic rings. The minimum atomic E-state index is -3.70. The van der Waals surface area contributed by atoms with E-state index in [1.54, 1.807) is 25.5 Å². The predicted molar refractivity (Wildman–Crippen MR) is 144 cm³/mol. The van der Waals surface area contributed by atoms with Gasteiger partial charge in [-0.2, -0.15) is 9.97 Å². The van der Waals surface area contributed by atoms with E-state index in [2.05, 4.69) is 30.3 Å². The Morgan fingerprint density at radius 3 is 2.61 bits per heavy atom. The predicted octanol–water partition coefficient (Wildman–Crippen LogP) is 3.71. The lowest BCUT2D eigenvalue weighted by molar-refractivity contribution is 0.143. The number of benzene rings is 2. The van der Waals surface area contributed by atoms with Crippen LogP contribution in [0.1, 0.15) is 24.0 Å². The van der Waals surface area contributed by atoms with E-state index >= 15 is 0 Å². The van der Waals surface area contributed by atoms with Gasteiger partial charge in [-0.1, -0.05) is 42.5 Å². The highest BCUT2D eigenvalue weighted by Gasteiger charge is 2.15. The fraction of sp³-hybridized carbons (Fsp3) is 0.280. The van der Waals surface area contributed by atoms with Crippen molar-refractivity contribution in [1.82, 2.24) is 29.6 Å². The average molecular weight is 558 g/mol. The number of hydrogen-bond donors (Lipinski definition) is 3. The van der Waals surface area contributed by atoms with Gasteiger partial charge in [0.25, 0.3) is 0 Å². The first kappa shape index (κ1) is 27.3. The summed E-state index contributed by atoms with van der Waals surface area (Å²) < 4.78 is 35.0. The Labute approximate surface area is 225 Å². The summed E-state index contributed by atoms with van der Waals surface area (Å²) >= 11 is 5.99. The lowest BCUT2D eigenvalue weighted by atomic mass is 10.2. The van der Waals surface area contributed by atoms with Crippen LogP contribution in [0.15, 0.2) is 65.8 Å². The van der Waals surface area contributed by atoms with E-state index in [9.17, 15) is 13.2 Å². The standard InChI is InChI=1S/C25H28ClN7O4S/c1-27-22-21-23(32-24(26)31-22)33(17-29-21)12-5-6-13-37-25(34)28-15-19-10-7-11-20(14-19)38(35,36)30-16-18-8-3-2-4-9-18/h2-4,7-11,14,17,30H,5-6,12-13,15-16H2,1H3,(H,28,34)(H,27,31,32). The number of anilines is 1. The molecule has 13 heteroatoms. The van der Waals surface area contributed by atoms with Crippen LogP contribution in [-0.4, -0.2) is 47.7 Å². The number of hydrogen-bond acceptors (Lipinski definition) is 8. The Morgan fingerprint density at radius 1 is 1.03 bits per heavy atom. The van der Waals surface area contributed by atoms with E-state index < -0.39 is 16.1 Å². The normalized spacial score (nSPS) is 11.4. The number of unbranched alkanes of at least 4 members (excludes halogenated alkanes) is 1. The van der Waals surface area contributed by atoms with Gasteiger partial charge in [0.1, 0.15) is 0 Å². The van der Waals surface area contributed by atoms with E-state index in [0.29, 0.717) is 35.5 Å². The fourth-order valence-corrected chi connectivity index (χ4v) is 4.96. The number of carbonyl (C=O) groups is 1. The van der Waals surface area contributed by atoms with Gasteiger partial charge in [0.05, 0.1) is 17.8 Å². The van der Waals surface area contributed by atoms with Crippen molar-refractivity contribution in [3.8, 4) is 0 Å². The minimum absolute atomic E-state index is 0.126. The van der Waals surface area contributed by atoms with Crippen molar-refractivity contribution in [2.24, 2.45) is 0 Å². The molecule has 11 nitrogen and oxygen atoms in total. The number of aromatic nitrogens is 4. The van der Waals surface area contributed by atoms with Crippen molar-refractivity contribution in [2.45, 2.75) is 37.4 Å². The summed E-state index contributed by atoms with van der Waals surface area (Å²) in [5, 5.41) is 5.74. The average Bonchev–Trinajstić information content (AvgIpc) is 3.33. The second kappa shape index (κ2) is 12.7. The number of fused-ring (bicyclic) bond motifs is 1. The molecular formula is C25H28ClN7O4S. The van der Waals surface area contributed by atoms with E-state index in [-0.39, 0.29) is 29.9 Å². The van der Waals surface area contributed by atoms with Crippen molar-refractivity contribution >= 4 is 44.7 Å². The topological polar surface area (TPSA) is 140 Å². The summed E-state index contributed by atoms with van der Waals surface area (Å²) in [7, 11) is -1.96. The van der Waals surface area contributed by atoms with Gasteiger partial charge in [-0.3, -0.25) is 0 Å². The molecule has 0 saturated heterocycles. The lowest BCUT2D eigenvalue weighted by Crippen LogP contribution is -2.25. The number of sulfonamides is 1. The zero-order chi connectivity index (χ0) is 27.0. The maximum absolute atomic E-state index is 12.7. The highest BCUT2D eigenvalue weighted by molar-refractivity contribution is 7.89. The van der Waals surface area contributed by atoms with Crippen molar-refractivity contribution in [2.75, 3.05) is 19.0 Å². The van der Waals surface area contributed by atoms with Gasteiger partial charge in [0, 0.05) is 26.7 Å². The Hall–Kier alpha value is -3.74. The van der Waals surface area contributed by atoms with Gasteiger partial charge >= 0.3 is 6.09 Å². The Morgan fingerprint density at radius 2 is 1.82 bits per heavy atom. The number of nitrogens with one attached hydrogen (secondary N) is 3. The summed E-state index contributed by atoms with van der Waals surface area (Å²) in [5.74, 6) is 0.560. The molecule has 0 fully saturated rings. The van der Waals surface area contributed by atoms with Crippen molar-refractivity contribution in [1.29, 1.82) is 0 Å². The van der Waals surface area contributed by atoms with Crippen LogP contribution in [0.2, 0.25) is 5.28 Å². The number of halogens is 1. The van der Waals surface area contributed by atoms with Gasteiger partial charge < -0.3 is 19.9 Å². The third kappa shape index (κ3) is 7.18. The van der Waals surface area contributed by atoms with Crippen molar-refractivity contribution in [3.05, 3.63) is 77.3 Å². The smallest absolute Gasteiger partial charge is 0.407 e. The molecule has 0 radical (unpaired) electrons. The van der Waals surface area contributed by atoms with Crippen molar-refractivity contribution in [3.63, 3.8) is 0 Å². The molecular weight excluding hydrogens is 530 g/mol. The molecule has 4 rings (SSSR count). The second-order valence-electron chi connectivity index (χ2n) is 8.36. The molecule has 0 unspecified atom stereocenters. The zero-order valence-electron chi connectivity index (χ0n) is 20.7. The first-order chi connectivity index (χ1) is 18.4. The molecule has 38 heavy (non-hydrogen) atoms. The van der Waals surface area contributed by atoms with Crippen LogP contribution in [-0.2, 0) is 34.4 Å². The molecule has 4 aromatic rings. The Bertz CT molecular complexity index is 1500. The monoisotopic (exact) mass is 557 g/mol. The summed E-state index contributed by atoms with van der Waals surface area (Å²) in [5.41, 5.74) is 2.76. The molecule has 1 amide bonds. The van der Waals surface area contributed by atoms with Gasteiger partial charge in [-0.15, -0.1) is 0 Å². The van der Waals surface area contributed by atoms with E-state index in [0.717, 1.165) is 12.0 Å². The quantitative estimate of drug-likeness (QED) is 0.177. The minimum Gasteiger partial charge on any atom is -0.450 e. The van der Waals surface area contributed by atoms with Gasteiger partial charge in [0.15, 0.2) is 17.0 Å². The number of imidazole rings is 1. The summed E-state index contributed by atoms with van der Waals surface area (Å²) in [6.07, 6.45) is 2.46. The van der Waals surface area contributed by atoms with Crippen LogP contribution >= 0.6 is 11.6 Å². The molecule has 2 aromatic carbocycles. The Kier molecular flexibility index (Phi) is 9.10. The molecule has 2 heterocycles. The van der Waals surface area contributed by atoms with E-state index in [4.69, 9.17) is 16.3 Å². The maximum Gasteiger partial charge on any atom is 0.407 e. The second-order valence-corrected chi connectivity index (χ2v) is 10.5. The third-order valence-corrected chi connectivity index (χ3v) is 7.22. The highest BCUT2D eigenvalue weighted by atomic mass is 35.5. The van der Waals surface area contributed by atoms with Crippen LogP contribution in [0.3, 0.4) is 0 Å². The molecule has 0 saturated carbocycles. The fourth-order valence-electron chi connectivity index (χ4n) is 3.71.